The summed E-state index contributed by atoms with van der Waals surface area (Å²) in [7, 11) is 0. The zero-order valence-corrected chi connectivity index (χ0v) is 11.7. The second-order valence-corrected chi connectivity index (χ2v) is 5.38. The van der Waals surface area contributed by atoms with E-state index in [1.807, 2.05) is 30.3 Å². The Morgan fingerprint density at radius 3 is 2.86 bits per heavy atom. The predicted molar refractivity (Wildman–Crippen MR) is 78.7 cm³/mol. The Kier molecular flexibility index (Phi) is 3.96. The molecule has 1 aromatic carbocycles. The van der Waals surface area contributed by atoms with Gasteiger partial charge in [-0.15, -0.1) is 5.10 Å². The number of H-pyrrole nitrogens is 1. The van der Waals surface area contributed by atoms with Gasteiger partial charge < -0.3 is 11.1 Å². The number of hydrogen-bond acceptors (Lipinski definition) is 4. The highest BCUT2D eigenvalue weighted by Gasteiger charge is 2.28. The number of benzene rings is 1. The zero-order valence-electron chi connectivity index (χ0n) is 11.7. The molecule has 0 bridgehead atoms. The molecule has 21 heavy (non-hydrogen) atoms. The number of amides is 1. The van der Waals surface area contributed by atoms with E-state index in [-0.39, 0.29) is 17.8 Å². The maximum Gasteiger partial charge on any atom is 0.290 e. The van der Waals surface area contributed by atoms with Crippen molar-refractivity contribution in [3.05, 3.63) is 47.5 Å². The van der Waals surface area contributed by atoms with E-state index in [2.05, 4.69) is 20.5 Å². The van der Waals surface area contributed by atoms with Crippen LogP contribution < -0.4 is 11.1 Å². The highest BCUT2D eigenvalue weighted by molar-refractivity contribution is 5.90. The Bertz CT molecular complexity index is 606. The lowest BCUT2D eigenvalue weighted by atomic mass is 10.1. The highest BCUT2D eigenvalue weighted by atomic mass is 16.2. The van der Waals surface area contributed by atoms with Crippen LogP contribution in [0.4, 0.5) is 0 Å². The van der Waals surface area contributed by atoms with Gasteiger partial charge in [-0.1, -0.05) is 30.3 Å². The molecule has 1 saturated carbocycles. The van der Waals surface area contributed by atoms with Gasteiger partial charge in [0.15, 0.2) is 0 Å². The lowest BCUT2D eigenvalue weighted by Gasteiger charge is -2.11. The average Bonchev–Trinajstić information content (AvgIpc) is 3.25. The summed E-state index contributed by atoms with van der Waals surface area (Å²) in [5, 5.41) is 9.59. The predicted octanol–water partition coefficient (Wildman–Crippen LogP) is 1.50. The van der Waals surface area contributed by atoms with Crippen LogP contribution in [0.15, 0.2) is 30.3 Å². The van der Waals surface area contributed by atoms with Gasteiger partial charge >= 0.3 is 0 Å². The third-order valence-electron chi connectivity index (χ3n) is 3.64. The second-order valence-electron chi connectivity index (χ2n) is 5.38. The van der Waals surface area contributed by atoms with E-state index in [9.17, 15) is 4.79 Å². The number of aromatic amines is 1. The van der Waals surface area contributed by atoms with Gasteiger partial charge in [-0.2, -0.15) is 0 Å². The molecule has 4 N–H and O–H groups in total. The molecule has 1 fully saturated rings. The molecule has 6 heteroatoms. The minimum Gasteiger partial charge on any atom is -0.349 e. The van der Waals surface area contributed by atoms with Gasteiger partial charge in [0.25, 0.3) is 5.91 Å². The number of hydrogen-bond donors (Lipinski definition) is 3. The van der Waals surface area contributed by atoms with Crippen LogP contribution in [0.5, 0.6) is 0 Å². The maximum atomic E-state index is 11.9. The lowest BCUT2D eigenvalue weighted by molar-refractivity contribution is 0.0942. The van der Waals surface area contributed by atoms with Gasteiger partial charge in [-0.3, -0.25) is 9.89 Å². The molecule has 0 radical (unpaired) electrons. The summed E-state index contributed by atoms with van der Waals surface area (Å²) in [6.45, 7) is 0.502. The molecule has 1 aliphatic carbocycles. The largest absolute Gasteiger partial charge is 0.349 e. The standard InChI is InChI=1S/C15H19N5O/c16-12(10-4-2-1-3-5-10)8-9-17-15(21)14-18-13(19-20-14)11-6-7-11/h1-5,11-12H,6-9,16H2,(H,17,21)(H,18,19,20). The van der Waals surface area contributed by atoms with E-state index in [0.29, 0.717) is 18.9 Å². The topological polar surface area (TPSA) is 96.7 Å². The molecule has 1 unspecified atom stereocenters. The van der Waals surface area contributed by atoms with E-state index in [0.717, 1.165) is 24.2 Å². The Labute approximate surface area is 123 Å². The van der Waals surface area contributed by atoms with Crippen LogP contribution in [0.1, 0.15) is 53.2 Å². The van der Waals surface area contributed by atoms with Crippen LogP contribution in [0, 0.1) is 0 Å². The smallest absolute Gasteiger partial charge is 0.290 e. The number of nitrogens with one attached hydrogen (secondary N) is 2. The first kappa shape index (κ1) is 13.8. The highest BCUT2D eigenvalue weighted by Crippen LogP contribution is 2.37. The van der Waals surface area contributed by atoms with Crippen molar-refractivity contribution in [2.24, 2.45) is 5.73 Å². The fourth-order valence-corrected chi connectivity index (χ4v) is 2.20. The van der Waals surface area contributed by atoms with Gasteiger partial charge in [0.05, 0.1) is 0 Å². The van der Waals surface area contributed by atoms with E-state index in [1.54, 1.807) is 0 Å². The number of carbonyl (C=O) groups excluding carboxylic acids is 1. The van der Waals surface area contributed by atoms with Crippen molar-refractivity contribution in [2.75, 3.05) is 6.54 Å². The monoisotopic (exact) mass is 285 g/mol. The Balaban J connectivity index is 1.47. The van der Waals surface area contributed by atoms with E-state index in [1.165, 1.54) is 0 Å². The number of carbonyl (C=O) groups is 1. The van der Waals surface area contributed by atoms with Gasteiger partial charge in [-0.25, -0.2) is 4.98 Å². The summed E-state index contributed by atoms with van der Waals surface area (Å²) in [6.07, 6.45) is 2.93. The molecule has 0 saturated heterocycles. The Morgan fingerprint density at radius 2 is 2.14 bits per heavy atom. The summed E-state index contributed by atoms with van der Waals surface area (Å²) in [4.78, 5) is 16.1. The minimum atomic E-state index is -0.251. The summed E-state index contributed by atoms with van der Waals surface area (Å²) < 4.78 is 0. The van der Waals surface area contributed by atoms with Crippen LogP contribution in [0.2, 0.25) is 0 Å². The molecule has 110 valence electrons. The van der Waals surface area contributed by atoms with Gasteiger partial charge in [0.1, 0.15) is 5.82 Å². The first-order valence-corrected chi connectivity index (χ1v) is 7.25. The number of rotatable bonds is 6. The van der Waals surface area contributed by atoms with Crippen molar-refractivity contribution in [3.8, 4) is 0 Å². The van der Waals surface area contributed by atoms with Gasteiger partial charge in [0.2, 0.25) is 5.82 Å². The quantitative estimate of drug-likeness (QED) is 0.749. The van der Waals surface area contributed by atoms with Crippen molar-refractivity contribution in [3.63, 3.8) is 0 Å². The molecule has 0 spiro atoms. The fourth-order valence-electron chi connectivity index (χ4n) is 2.20. The van der Waals surface area contributed by atoms with Crippen molar-refractivity contribution in [1.29, 1.82) is 0 Å². The lowest BCUT2D eigenvalue weighted by Crippen LogP contribution is -2.28. The number of nitrogens with two attached hydrogens (primary N) is 1. The molecule has 2 aromatic rings. The third kappa shape index (κ3) is 3.46. The van der Waals surface area contributed by atoms with Crippen molar-refractivity contribution >= 4 is 5.91 Å². The fraction of sp³-hybridized carbons (Fsp3) is 0.400. The number of aromatic nitrogens is 3. The van der Waals surface area contributed by atoms with Gasteiger partial charge in [-0.05, 0) is 24.8 Å². The van der Waals surface area contributed by atoms with Crippen LogP contribution in [-0.2, 0) is 0 Å². The zero-order chi connectivity index (χ0) is 14.7. The minimum absolute atomic E-state index is 0.0827. The van der Waals surface area contributed by atoms with E-state index >= 15 is 0 Å². The summed E-state index contributed by atoms with van der Waals surface area (Å²) >= 11 is 0. The molecule has 1 heterocycles. The summed E-state index contributed by atoms with van der Waals surface area (Å²) in [5.41, 5.74) is 7.15. The SMILES string of the molecule is NC(CCNC(=O)c1n[nH]c(C2CC2)n1)c1ccccc1. The summed E-state index contributed by atoms with van der Waals surface area (Å²) in [6, 6.07) is 9.77. The first-order chi connectivity index (χ1) is 10.2. The maximum absolute atomic E-state index is 11.9. The molecular weight excluding hydrogens is 266 g/mol. The molecule has 6 nitrogen and oxygen atoms in total. The van der Waals surface area contributed by atoms with E-state index < -0.39 is 0 Å². The Hall–Kier alpha value is -2.21. The molecule has 1 aliphatic rings. The third-order valence-corrected chi connectivity index (χ3v) is 3.64. The summed E-state index contributed by atoms with van der Waals surface area (Å²) in [5.74, 6) is 1.25. The molecular formula is C15H19N5O. The van der Waals surface area contributed by atoms with Crippen molar-refractivity contribution < 1.29 is 4.79 Å². The van der Waals surface area contributed by atoms with Crippen LogP contribution in [0.3, 0.4) is 0 Å². The first-order valence-electron chi connectivity index (χ1n) is 7.25. The molecule has 3 rings (SSSR count). The van der Waals surface area contributed by atoms with E-state index in [4.69, 9.17) is 5.73 Å². The van der Waals surface area contributed by atoms with Crippen molar-refractivity contribution in [1.82, 2.24) is 20.5 Å². The van der Waals surface area contributed by atoms with Crippen molar-refractivity contribution in [2.45, 2.75) is 31.2 Å². The molecule has 1 amide bonds. The second kappa shape index (κ2) is 6.05. The van der Waals surface area contributed by atoms with Crippen LogP contribution >= 0.6 is 0 Å². The Morgan fingerprint density at radius 1 is 1.38 bits per heavy atom. The average molecular weight is 285 g/mol. The van der Waals surface area contributed by atoms with Crippen LogP contribution in [0.25, 0.3) is 0 Å². The molecule has 1 aromatic heterocycles. The van der Waals surface area contributed by atoms with Gasteiger partial charge in [0, 0.05) is 18.5 Å². The molecule has 1 atom stereocenters. The molecule has 0 aliphatic heterocycles. The van der Waals surface area contributed by atoms with Crippen LogP contribution in [-0.4, -0.2) is 27.6 Å². The number of nitrogens with zero attached hydrogens (tertiary/aromatic N) is 2. The normalized spacial score (nSPS) is 15.7.